The number of aromatic nitrogens is 3. The van der Waals surface area contributed by atoms with Gasteiger partial charge in [-0.25, -0.2) is 4.98 Å². The maximum Gasteiger partial charge on any atom is 0.266 e. The largest absolute Gasteiger partial charge is 0.497 e. The van der Waals surface area contributed by atoms with Crippen molar-refractivity contribution >= 4 is 40.2 Å². The first-order valence-corrected chi connectivity index (χ1v) is 13.7. The van der Waals surface area contributed by atoms with Crippen LogP contribution in [-0.4, -0.2) is 47.2 Å². The van der Waals surface area contributed by atoms with Gasteiger partial charge in [0.1, 0.15) is 28.8 Å². The summed E-state index contributed by atoms with van der Waals surface area (Å²) in [4.78, 5) is 35.4. The Bertz CT molecular complexity index is 1800. The Balaban J connectivity index is 1.68. The molecule has 0 saturated heterocycles. The number of methoxy groups -OCH3 is 2. The van der Waals surface area contributed by atoms with Crippen molar-refractivity contribution < 1.29 is 14.3 Å². The van der Waals surface area contributed by atoms with Crippen molar-refractivity contribution in [3.05, 3.63) is 81.3 Å². The molecule has 0 atom stereocenters. The van der Waals surface area contributed by atoms with Crippen LogP contribution in [0.4, 0.5) is 11.6 Å². The summed E-state index contributed by atoms with van der Waals surface area (Å²) < 4.78 is 12.4. The fourth-order valence-corrected chi connectivity index (χ4v) is 4.72. The number of nitriles is 1. The molecule has 0 saturated carbocycles. The highest BCUT2D eigenvalue weighted by Gasteiger charge is 2.19. The summed E-state index contributed by atoms with van der Waals surface area (Å²) >= 11 is 6.65. The van der Waals surface area contributed by atoms with E-state index in [2.05, 4.69) is 20.6 Å². The molecule has 4 rings (SSSR count). The summed E-state index contributed by atoms with van der Waals surface area (Å²) in [6.45, 7) is 3.69. The van der Waals surface area contributed by atoms with Gasteiger partial charge in [0.2, 0.25) is 5.95 Å². The molecular formula is C31H32ClN7O4. The van der Waals surface area contributed by atoms with Gasteiger partial charge in [0.25, 0.3) is 11.5 Å². The number of rotatable bonds is 10. The van der Waals surface area contributed by atoms with Gasteiger partial charge in [-0.3, -0.25) is 14.2 Å². The Hall–Kier alpha value is -4.92. The van der Waals surface area contributed by atoms with Crippen LogP contribution in [0.1, 0.15) is 19.4 Å². The maximum atomic E-state index is 14.0. The first-order chi connectivity index (χ1) is 20.5. The predicted octanol–water partition coefficient (Wildman–Crippen LogP) is 4.54. The Kier molecular flexibility index (Phi) is 9.34. The minimum Gasteiger partial charge on any atom is -0.497 e. The van der Waals surface area contributed by atoms with E-state index in [0.29, 0.717) is 58.3 Å². The SMILES string of the molecule is CNc1ncc2cc(-c3cc(OC)cc(OC)c3Cl)c(=O)n(CCc3ccc(NC(=O)/C(C#N)=C/C(C)(C)N)cc3)c2n1. The summed E-state index contributed by atoms with van der Waals surface area (Å²) in [7, 11) is 4.72. The van der Waals surface area contributed by atoms with Crippen molar-refractivity contribution in [1.29, 1.82) is 5.26 Å². The Morgan fingerprint density at radius 2 is 1.88 bits per heavy atom. The number of carbonyl (C=O) groups is 1. The molecule has 11 nitrogen and oxygen atoms in total. The van der Waals surface area contributed by atoms with Crippen LogP contribution < -0.4 is 31.4 Å². The number of amides is 1. The number of pyridine rings is 1. The molecule has 2 aromatic heterocycles. The smallest absolute Gasteiger partial charge is 0.266 e. The third-order valence-electron chi connectivity index (χ3n) is 6.53. The molecule has 0 bridgehead atoms. The second-order valence-corrected chi connectivity index (χ2v) is 10.7. The second-order valence-electron chi connectivity index (χ2n) is 10.3. The lowest BCUT2D eigenvalue weighted by Crippen LogP contribution is -2.30. The van der Waals surface area contributed by atoms with E-state index in [0.717, 1.165) is 5.56 Å². The molecule has 4 aromatic rings. The number of benzene rings is 2. The number of ether oxygens (including phenoxy) is 2. The number of anilines is 2. The lowest BCUT2D eigenvalue weighted by molar-refractivity contribution is -0.112. The zero-order chi connectivity index (χ0) is 31.3. The van der Waals surface area contributed by atoms with E-state index in [4.69, 9.17) is 26.8 Å². The van der Waals surface area contributed by atoms with Crippen LogP contribution in [0.3, 0.4) is 0 Å². The molecule has 2 aromatic carbocycles. The van der Waals surface area contributed by atoms with E-state index in [1.54, 1.807) is 62.0 Å². The van der Waals surface area contributed by atoms with Gasteiger partial charge in [0.15, 0.2) is 0 Å². The first-order valence-electron chi connectivity index (χ1n) is 13.3. The normalized spacial score (nSPS) is 11.6. The molecule has 0 fully saturated rings. The van der Waals surface area contributed by atoms with Gasteiger partial charge in [-0.1, -0.05) is 23.7 Å². The topological polar surface area (TPSA) is 157 Å². The van der Waals surface area contributed by atoms with Crippen LogP contribution in [0.2, 0.25) is 5.02 Å². The van der Waals surface area contributed by atoms with Gasteiger partial charge in [0, 0.05) is 53.6 Å². The summed E-state index contributed by atoms with van der Waals surface area (Å²) in [5, 5.41) is 15.9. The molecular weight excluding hydrogens is 570 g/mol. The van der Waals surface area contributed by atoms with Crippen LogP contribution in [0.25, 0.3) is 22.2 Å². The Morgan fingerprint density at radius 1 is 1.16 bits per heavy atom. The average molecular weight is 602 g/mol. The summed E-state index contributed by atoms with van der Waals surface area (Å²) in [5.41, 5.74) is 7.43. The number of halogens is 1. The third-order valence-corrected chi connectivity index (χ3v) is 6.92. The molecule has 0 spiro atoms. The molecule has 2 heterocycles. The van der Waals surface area contributed by atoms with Crippen molar-refractivity contribution in [3.8, 4) is 28.7 Å². The van der Waals surface area contributed by atoms with Crippen LogP contribution in [-0.2, 0) is 17.8 Å². The Morgan fingerprint density at radius 3 is 2.49 bits per heavy atom. The molecule has 4 N–H and O–H groups in total. The zero-order valence-electron chi connectivity index (χ0n) is 24.5. The van der Waals surface area contributed by atoms with E-state index < -0.39 is 11.4 Å². The molecule has 1 amide bonds. The molecule has 12 heteroatoms. The fraction of sp³-hybridized carbons (Fsp3) is 0.258. The number of nitrogens with two attached hydrogens (primary N) is 1. The van der Waals surface area contributed by atoms with Crippen molar-refractivity contribution in [2.45, 2.75) is 32.4 Å². The van der Waals surface area contributed by atoms with Crippen LogP contribution in [0, 0.1) is 11.3 Å². The van der Waals surface area contributed by atoms with E-state index >= 15 is 0 Å². The van der Waals surface area contributed by atoms with Crippen LogP contribution >= 0.6 is 11.6 Å². The monoisotopic (exact) mass is 601 g/mol. The second kappa shape index (κ2) is 12.9. The summed E-state index contributed by atoms with van der Waals surface area (Å²) in [5.74, 6) is 0.690. The standard InChI is InChI=1S/C31H32ClN7O4/c1-31(2,34)15-20(16-33)28(40)37-21-8-6-18(7-9-21)10-11-39-27-19(17-36-30(35-3)38-27)12-24(29(39)41)23-13-22(42-4)14-25(43-5)26(23)32/h6-9,12-15,17H,10-11,34H2,1-5H3,(H,37,40)(H,35,36,38)/b20-15+. The highest BCUT2D eigenvalue weighted by Crippen LogP contribution is 2.38. The van der Waals surface area contributed by atoms with Gasteiger partial charge in [0.05, 0.1) is 19.2 Å². The molecule has 43 heavy (non-hydrogen) atoms. The number of nitrogens with one attached hydrogen (secondary N) is 2. The van der Waals surface area contributed by atoms with Gasteiger partial charge in [-0.05, 0) is 56.2 Å². The third kappa shape index (κ3) is 7.12. The lowest BCUT2D eigenvalue weighted by Gasteiger charge is -2.16. The van der Waals surface area contributed by atoms with Crippen molar-refractivity contribution in [2.24, 2.45) is 5.73 Å². The molecule has 0 aliphatic carbocycles. The van der Waals surface area contributed by atoms with Crippen LogP contribution in [0.15, 0.2) is 65.1 Å². The Labute approximate surface area is 253 Å². The quantitative estimate of drug-likeness (QED) is 0.175. The summed E-state index contributed by atoms with van der Waals surface area (Å²) in [6, 6.07) is 14.1. The lowest BCUT2D eigenvalue weighted by atomic mass is 10.0. The number of nitrogens with zero attached hydrogens (tertiary/aromatic N) is 4. The van der Waals surface area contributed by atoms with E-state index in [9.17, 15) is 14.9 Å². The van der Waals surface area contributed by atoms with Crippen molar-refractivity contribution in [3.63, 3.8) is 0 Å². The average Bonchev–Trinajstić information content (AvgIpc) is 2.99. The van der Waals surface area contributed by atoms with E-state index in [1.165, 1.54) is 20.3 Å². The number of carbonyl (C=O) groups excluding carboxylic acids is 1. The number of fused-ring (bicyclic) bond motifs is 1. The maximum absolute atomic E-state index is 14.0. The molecule has 222 valence electrons. The minimum atomic E-state index is -0.811. The molecule has 0 aliphatic heterocycles. The molecule has 0 radical (unpaired) electrons. The molecule has 0 unspecified atom stereocenters. The van der Waals surface area contributed by atoms with Gasteiger partial charge in [-0.2, -0.15) is 10.2 Å². The fourth-order valence-electron chi connectivity index (χ4n) is 4.43. The highest BCUT2D eigenvalue weighted by molar-refractivity contribution is 6.35. The van der Waals surface area contributed by atoms with Crippen molar-refractivity contribution in [1.82, 2.24) is 14.5 Å². The number of aryl methyl sites for hydroxylation is 2. The predicted molar refractivity (Wildman–Crippen MR) is 168 cm³/mol. The highest BCUT2D eigenvalue weighted by atomic mass is 35.5. The minimum absolute atomic E-state index is 0.0700. The van der Waals surface area contributed by atoms with Gasteiger partial charge < -0.3 is 25.8 Å². The van der Waals surface area contributed by atoms with E-state index in [1.807, 2.05) is 18.2 Å². The number of hydrogen-bond acceptors (Lipinski definition) is 9. The van der Waals surface area contributed by atoms with Gasteiger partial charge in [-0.15, -0.1) is 0 Å². The summed E-state index contributed by atoms with van der Waals surface area (Å²) in [6.07, 6.45) is 3.54. The van der Waals surface area contributed by atoms with Gasteiger partial charge >= 0.3 is 0 Å². The number of hydrogen-bond donors (Lipinski definition) is 3. The van der Waals surface area contributed by atoms with Crippen molar-refractivity contribution in [2.75, 3.05) is 31.9 Å². The zero-order valence-corrected chi connectivity index (χ0v) is 25.2. The molecule has 0 aliphatic rings. The first kappa shape index (κ1) is 31.0. The van der Waals surface area contributed by atoms with Crippen LogP contribution in [0.5, 0.6) is 11.5 Å². The van der Waals surface area contributed by atoms with E-state index in [-0.39, 0.29) is 16.2 Å².